The average Bonchev–Trinajstić information content (AvgIpc) is 2.40. The number of pyridine rings is 1. The van der Waals surface area contributed by atoms with E-state index in [1.54, 1.807) is 0 Å². The minimum atomic E-state index is 0.540. The van der Waals surface area contributed by atoms with E-state index in [1.807, 2.05) is 12.4 Å². The van der Waals surface area contributed by atoms with Gasteiger partial charge < -0.3 is 4.90 Å². The smallest absolute Gasteiger partial charge is 0.0509 e. The lowest BCUT2D eigenvalue weighted by Crippen LogP contribution is -2.27. The van der Waals surface area contributed by atoms with Crippen molar-refractivity contribution in [3.63, 3.8) is 0 Å². The van der Waals surface area contributed by atoms with Gasteiger partial charge in [0.25, 0.3) is 0 Å². The molecule has 17 heavy (non-hydrogen) atoms. The number of hydrogen-bond donors (Lipinski definition) is 0. The molecule has 0 atom stereocenters. The number of anilines is 1. The van der Waals surface area contributed by atoms with Gasteiger partial charge in [0.1, 0.15) is 0 Å². The summed E-state index contributed by atoms with van der Waals surface area (Å²) in [5.41, 5.74) is 2.37. The summed E-state index contributed by atoms with van der Waals surface area (Å²) in [5.74, 6) is 1.39. The number of rotatable bonds is 4. The number of aromatic nitrogens is 1. The Morgan fingerprint density at radius 1 is 1.35 bits per heavy atom. The summed E-state index contributed by atoms with van der Waals surface area (Å²) >= 11 is 5.95. The highest BCUT2D eigenvalue weighted by atomic mass is 35.5. The van der Waals surface area contributed by atoms with Crippen molar-refractivity contribution in [1.82, 2.24) is 4.98 Å². The van der Waals surface area contributed by atoms with Gasteiger partial charge in [0, 0.05) is 37.2 Å². The van der Waals surface area contributed by atoms with Crippen LogP contribution >= 0.6 is 11.6 Å². The first kappa shape index (κ1) is 12.7. The second-order valence-electron chi connectivity index (χ2n) is 5.02. The molecule has 3 heteroatoms. The summed E-state index contributed by atoms with van der Waals surface area (Å²) in [7, 11) is 2.17. The van der Waals surface area contributed by atoms with Gasteiger partial charge in [-0.2, -0.15) is 0 Å². The molecule has 0 aromatic carbocycles. The minimum Gasteiger partial charge on any atom is -0.374 e. The Labute approximate surface area is 109 Å². The van der Waals surface area contributed by atoms with Gasteiger partial charge in [0.15, 0.2) is 0 Å². The minimum absolute atomic E-state index is 0.540. The monoisotopic (exact) mass is 252 g/mol. The Morgan fingerprint density at radius 3 is 2.82 bits per heavy atom. The van der Waals surface area contributed by atoms with Crippen molar-refractivity contribution in [2.24, 2.45) is 5.92 Å². The van der Waals surface area contributed by atoms with Crippen molar-refractivity contribution < 1.29 is 0 Å². The Kier molecular flexibility index (Phi) is 4.66. The first-order valence-corrected chi connectivity index (χ1v) is 7.04. The van der Waals surface area contributed by atoms with Crippen LogP contribution in [0.4, 0.5) is 5.69 Å². The highest BCUT2D eigenvalue weighted by molar-refractivity contribution is 6.17. The lowest BCUT2D eigenvalue weighted by Gasteiger charge is -2.29. The van der Waals surface area contributed by atoms with Gasteiger partial charge in [0.05, 0.1) is 5.88 Å². The summed E-state index contributed by atoms with van der Waals surface area (Å²) in [5, 5.41) is 0. The van der Waals surface area contributed by atoms with E-state index in [4.69, 9.17) is 11.6 Å². The molecule has 94 valence electrons. The molecule has 0 bridgehead atoms. The molecule has 1 fully saturated rings. The van der Waals surface area contributed by atoms with E-state index in [0.717, 1.165) is 18.0 Å². The SMILES string of the molecule is CN(CC1CCCCC1)c1ccncc1CCl. The van der Waals surface area contributed by atoms with Crippen LogP contribution in [0.3, 0.4) is 0 Å². The fourth-order valence-electron chi connectivity index (χ4n) is 2.75. The first-order chi connectivity index (χ1) is 8.31. The molecule has 0 saturated heterocycles. The summed E-state index contributed by atoms with van der Waals surface area (Å²) < 4.78 is 0. The van der Waals surface area contributed by atoms with Gasteiger partial charge in [-0.1, -0.05) is 19.3 Å². The first-order valence-electron chi connectivity index (χ1n) is 6.51. The van der Waals surface area contributed by atoms with Crippen LogP contribution in [-0.2, 0) is 5.88 Å². The Morgan fingerprint density at radius 2 is 2.12 bits per heavy atom. The normalized spacial score (nSPS) is 17.1. The standard InChI is InChI=1S/C14H21ClN2/c1-17(11-12-5-3-2-4-6-12)14-7-8-16-10-13(14)9-15/h7-8,10,12H,2-6,9,11H2,1H3. The van der Waals surface area contributed by atoms with Crippen LogP contribution in [0.15, 0.2) is 18.5 Å². The molecule has 2 rings (SSSR count). The molecule has 1 aromatic rings. The molecule has 0 unspecified atom stereocenters. The number of halogens is 1. The van der Waals surface area contributed by atoms with Crippen LogP contribution in [-0.4, -0.2) is 18.6 Å². The van der Waals surface area contributed by atoms with Gasteiger partial charge in [-0.25, -0.2) is 0 Å². The van der Waals surface area contributed by atoms with Crippen molar-refractivity contribution >= 4 is 17.3 Å². The van der Waals surface area contributed by atoms with E-state index >= 15 is 0 Å². The molecule has 0 spiro atoms. The van der Waals surface area contributed by atoms with E-state index in [1.165, 1.54) is 37.8 Å². The van der Waals surface area contributed by atoms with Crippen molar-refractivity contribution in [2.45, 2.75) is 38.0 Å². The highest BCUT2D eigenvalue weighted by Gasteiger charge is 2.16. The van der Waals surface area contributed by atoms with Crippen LogP contribution in [0, 0.1) is 5.92 Å². The third-order valence-corrected chi connectivity index (χ3v) is 3.98. The third kappa shape index (κ3) is 3.35. The van der Waals surface area contributed by atoms with Crippen molar-refractivity contribution in [2.75, 3.05) is 18.5 Å². The maximum atomic E-state index is 5.95. The largest absolute Gasteiger partial charge is 0.374 e. The van der Waals surface area contributed by atoms with Crippen LogP contribution in [0.25, 0.3) is 0 Å². The Bertz CT molecular complexity index is 348. The lowest BCUT2D eigenvalue weighted by molar-refractivity contribution is 0.362. The fourth-order valence-corrected chi connectivity index (χ4v) is 2.96. The molecular weight excluding hydrogens is 232 g/mol. The van der Waals surface area contributed by atoms with Crippen LogP contribution < -0.4 is 4.90 Å². The van der Waals surface area contributed by atoms with Crippen LogP contribution in [0.2, 0.25) is 0 Å². The Hall–Kier alpha value is -0.760. The summed E-state index contributed by atoms with van der Waals surface area (Å²) in [6.45, 7) is 1.15. The van der Waals surface area contributed by atoms with Crippen LogP contribution in [0.5, 0.6) is 0 Å². The zero-order chi connectivity index (χ0) is 12.1. The number of alkyl halides is 1. The predicted octanol–water partition coefficient (Wildman–Crippen LogP) is 3.84. The van der Waals surface area contributed by atoms with E-state index in [9.17, 15) is 0 Å². The zero-order valence-corrected chi connectivity index (χ0v) is 11.3. The second-order valence-corrected chi connectivity index (χ2v) is 5.29. The molecule has 1 aliphatic carbocycles. The molecule has 1 aromatic heterocycles. The van der Waals surface area contributed by atoms with Crippen molar-refractivity contribution in [3.05, 3.63) is 24.0 Å². The molecule has 2 nitrogen and oxygen atoms in total. The number of hydrogen-bond acceptors (Lipinski definition) is 2. The van der Waals surface area contributed by atoms with E-state index in [0.29, 0.717) is 5.88 Å². The fraction of sp³-hybridized carbons (Fsp3) is 0.643. The van der Waals surface area contributed by atoms with E-state index in [2.05, 4.69) is 23.0 Å². The van der Waals surface area contributed by atoms with E-state index < -0.39 is 0 Å². The van der Waals surface area contributed by atoms with Gasteiger partial charge in [0.2, 0.25) is 0 Å². The summed E-state index contributed by atoms with van der Waals surface area (Å²) in [6, 6.07) is 2.07. The molecule has 1 saturated carbocycles. The second kappa shape index (κ2) is 6.25. The Balaban J connectivity index is 2.00. The highest BCUT2D eigenvalue weighted by Crippen LogP contribution is 2.27. The third-order valence-electron chi connectivity index (χ3n) is 3.69. The summed E-state index contributed by atoms with van der Waals surface area (Å²) in [6.07, 6.45) is 10.7. The van der Waals surface area contributed by atoms with Gasteiger partial charge in [-0.3, -0.25) is 4.98 Å². The molecule has 0 aliphatic heterocycles. The number of nitrogens with zero attached hydrogens (tertiary/aromatic N) is 2. The molecular formula is C14H21ClN2. The molecule has 1 aliphatic rings. The predicted molar refractivity (Wildman–Crippen MR) is 73.6 cm³/mol. The maximum Gasteiger partial charge on any atom is 0.0509 e. The zero-order valence-electron chi connectivity index (χ0n) is 10.5. The van der Waals surface area contributed by atoms with Crippen molar-refractivity contribution in [3.8, 4) is 0 Å². The maximum absolute atomic E-state index is 5.95. The molecule has 0 amide bonds. The molecule has 0 radical (unpaired) electrons. The van der Waals surface area contributed by atoms with Crippen molar-refractivity contribution in [1.29, 1.82) is 0 Å². The van der Waals surface area contributed by atoms with Gasteiger partial charge >= 0.3 is 0 Å². The molecule has 0 N–H and O–H groups in total. The van der Waals surface area contributed by atoms with Gasteiger partial charge in [-0.15, -0.1) is 11.6 Å². The molecule has 1 heterocycles. The van der Waals surface area contributed by atoms with Gasteiger partial charge in [-0.05, 0) is 24.8 Å². The van der Waals surface area contributed by atoms with Crippen LogP contribution in [0.1, 0.15) is 37.7 Å². The average molecular weight is 253 g/mol. The topological polar surface area (TPSA) is 16.1 Å². The quantitative estimate of drug-likeness (QED) is 0.757. The van der Waals surface area contributed by atoms with E-state index in [-0.39, 0.29) is 0 Å². The summed E-state index contributed by atoms with van der Waals surface area (Å²) in [4.78, 5) is 6.48. The lowest BCUT2D eigenvalue weighted by atomic mass is 9.89.